The van der Waals surface area contributed by atoms with Gasteiger partial charge in [-0.2, -0.15) is 0 Å². The van der Waals surface area contributed by atoms with Crippen molar-refractivity contribution in [3.8, 4) is 0 Å². The second-order valence-electron chi connectivity index (χ2n) is 3.64. The average Bonchev–Trinajstić information content (AvgIpc) is 2.71. The van der Waals surface area contributed by atoms with Gasteiger partial charge in [0.1, 0.15) is 0 Å². The lowest BCUT2D eigenvalue weighted by atomic mass is 10.00. The molecular formula is C12H11. The van der Waals surface area contributed by atoms with Gasteiger partial charge >= 0.3 is 0 Å². The fraction of sp³-hybridized carbons (Fsp3) is 0.333. The maximum absolute atomic E-state index is 3.38. The lowest BCUT2D eigenvalue weighted by Crippen LogP contribution is -1.90. The van der Waals surface area contributed by atoms with Crippen LogP contribution in [0.25, 0.3) is 0 Å². The van der Waals surface area contributed by atoms with Gasteiger partial charge in [-0.15, -0.1) is 0 Å². The van der Waals surface area contributed by atoms with Crippen molar-refractivity contribution in [1.29, 1.82) is 0 Å². The van der Waals surface area contributed by atoms with E-state index in [1.54, 1.807) is 11.1 Å². The van der Waals surface area contributed by atoms with E-state index in [1.165, 1.54) is 30.4 Å². The zero-order chi connectivity index (χ0) is 7.97. The van der Waals surface area contributed by atoms with Crippen LogP contribution in [0.1, 0.15) is 28.7 Å². The third kappa shape index (κ3) is 0.726. The van der Waals surface area contributed by atoms with E-state index in [-0.39, 0.29) is 0 Å². The van der Waals surface area contributed by atoms with E-state index in [0.29, 0.717) is 0 Å². The van der Waals surface area contributed by atoms with Crippen LogP contribution in [0.4, 0.5) is 0 Å². The minimum Gasteiger partial charge on any atom is -0.0716 e. The standard InChI is InChI=1S/C12H11/c1-3-9-7-8-10-4-2-6-12(10)11(9)5-1/h1,7-8H,2-4,6H2. The third-order valence-corrected chi connectivity index (χ3v) is 2.94. The van der Waals surface area contributed by atoms with Gasteiger partial charge in [-0.3, -0.25) is 0 Å². The Labute approximate surface area is 72.9 Å². The molecule has 12 heavy (non-hydrogen) atoms. The van der Waals surface area contributed by atoms with Crippen LogP contribution < -0.4 is 0 Å². The highest BCUT2D eigenvalue weighted by atomic mass is 14.2. The summed E-state index contributed by atoms with van der Waals surface area (Å²) in [5.74, 6) is 0. The molecule has 0 atom stereocenters. The van der Waals surface area contributed by atoms with Gasteiger partial charge in [-0.25, -0.2) is 0 Å². The highest BCUT2D eigenvalue weighted by Crippen LogP contribution is 2.30. The van der Waals surface area contributed by atoms with Crippen LogP contribution >= 0.6 is 0 Å². The third-order valence-electron chi connectivity index (χ3n) is 2.94. The highest BCUT2D eigenvalue weighted by molar-refractivity contribution is 5.50. The van der Waals surface area contributed by atoms with Crippen LogP contribution in [0.2, 0.25) is 0 Å². The molecule has 0 saturated carbocycles. The quantitative estimate of drug-likeness (QED) is 0.540. The van der Waals surface area contributed by atoms with Crippen LogP contribution in [-0.4, -0.2) is 0 Å². The molecule has 2 aliphatic rings. The van der Waals surface area contributed by atoms with Crippen molar-refractivity contribution in [2.45, 2.75) is 25.7 Å². The van der Waals surface area contributed by atoms with E-state index < -0.39 is 0 Å². The first-order chi connectivity index (χ1) is 5.95. The zero-order valence-corrected chi connectivity index (χ0v) is 7.06. The largest absolute Gasteiger partial charge is 0.0716 e. The lowest BCUT2D eigenvalue weighted by molar-refractivity contribution is 0.910. The summed E-state index contributed by atoms with van der Waals surface area (Å²) in [6.45, 7) is 0. The van der Waals surface area contributed by atoms with E-state index in [4.69, 9.17) is 0 Å². The maximum Gasteiger partial charge on any atom is -0.00817 e. The molecule has 0 saturated heterocycles. The molecule has 0 aromatic heterocycles. The number of hydrogen-bond acceptors (Lipinski definition) is 0. The van der Waals surface area contributed by atoms with E-state index in [9.17, 15) is 0 Å². The number of hydrogen-bond donors (Lipinski definition) is 0. The average molecular weight is 155 g/mol. The summed E-state index contributed by atoms with van der Waals surface area (Å²) in [6.07, 6.45) is 10.5. The summed E-state index contributed by atoms with van der Waals surface area (Å²) in [5, 5.41) is 0. The molecule has 0 aliphatic heterocycles. The lowest BCUT2D eigenvalue weighted by Gasteiger charge is -2.04. The molecule has 0 N–H and O–H groups in total. The molecule has 0 nitrogen and oxygen atoms in total. The molecule has 0 amide bonds. The van der Waals surface area contributed by atoms with Crippen LogP contribution in [0.5, 0.6) is 0 Å². The van der Waals surface area contributed by atoms with Gasteiger partial charge in [0, 0.05) is 0 Å². The predicted octanol–water partition coefficient (Wildman–Crippen LogP) is 2.44. The van der Waals surface area contributed by atoms with E-state index in [2.05, 4.69) is 24.3 Å². The van der Waals surface area contributed by atoms with E-state index in [0.717, 1.165) is 6.42 Å². The molecule has 1 aromatic carbocycles. The van der Waals surface area contributed by atoms with Gasteiger partial charge in [-0.1, -0.05) is 18.2 Å². The Bertz CT molecular complexity index is 359. The molecule has 59 valence electrons. The van der Waals surface area contributed by atoms with Gasteiger partial charge < -0.3 is 0 Å². The molecule has 0 heteroatoms. The number of benzene rings is 1. The number of allylic oxidation sites excluding steroid dienone is 1. The zero-order valence-electron chi connectivity index (χ0n) is 7.06. The van der Waals surface area contributed by atoms with E-state index >= 15 is 0 Å². The topological polar surface area (TPSA) is 0 Å². The first-order valence-corrected chi connectivity index (χ1v) is 4.67. The van der Waals surface area contributed by atoms with Crippen molar-refractivity contribution in [1.82, 2.24) is 0 Å². The Balaban J connectivity index is 2.30. The SMILES string of the molecule is [C]1=CCc2ccc3c(c21)CCC3. The molecule has 1 aromatic rings. The van der Waals surface area contributed by atoms with Crippen molar-refractivity contribution in [3.63, 3.8) is 0 Å². The molecule has 0 spiro atoms. The predicted molar refractivity (Wildman–Crippen MR) is 49.1 cm³/mol. The molecule has 0 unspecified atom stereocenters. The van der Waals surface area contributed by atoms with Crippen LogP contribution in [0.3, 0.4) is 0 Å². The van der Waals surface area contributed by atoms with Crippen LogP contribution in [0.15, 0.2) is 18.2 Å². The van der Waals surface area contributed by atoms with Crippen molar-refractivity contribution < 1.29 is 0 Å². The molecule has 1 radical (unpaired) electrons. The fourth-order valence-electron chi connectivity index (χ4n) is 2.33. The minimum absolute atomic E-state index is 1.10. The van der Waals surface area contributed by atoms with Gasteiger partial charge in [0.2, 0.25) is 0 Å². The Hall–Kier alpha value is -1.04. The normalized spacial score (nSPS) is 18.0. The van der Waals surface area contributed by atoms with Gasteiger partial charge in [0.05, 0.1) is 0 Å². The first kappa shape index (κ1) is 6.47. The minimum atomic E-state index is 1.10. The van der Waals surface area contributed by atoms with Gasteiger partial charge in [-0.05, 0) is 54.0 Å². The molecular weight excluding hydrogens is 144 g/mol. The molecule has 0 fully saturated rings. The summed E-state index contributed by atoms with van der Waals surface area (Å²) in [7, 11) is 0. The smallest absolute Gasteiger partial charge is 0.00817 e. The molecule has 0 heterocycles. The van der Waals surface area contributed by atoms with Crippen molar-refractivity contribution >= 4 is 0 Å². The Kier molecular flexibility index (Phi) is 1.20. The second kappa shape index (κ2) is 2.22. The summed E-state index contributed by atoms with van der Waals surface area (Å²) >= 11 is 0. The number of aryl methyl sites for hydroxylation is 1. The second-order valence-corrected chi connectivity index (χ2v) is 3.64. The Morgan fingerprint density at radius 1 is 1.08 bits per heavy atom. The highest BCUT2D eigenvalue weighted by Gasteiger charge is 2.17. The monoisotopic (exact) mass is 155 g/mol. The Morgan fingerprint density at radius 2 is 2.00 bits per heavy atom. The number of fused-ring (bicyclic) bond motifs is 3. The van der Waals surface area contributed by atoms with Gasteiger partial charge in [0.25, 0.3) is 0 Å². The summed E-state index contributed by atoms with van der Waals surface area (Å²) in [6, 6.07) is 4.58. The summed E-state index contributed by atoms with van der Waals surface area (Å²) in [5.41, 5.74) is 6.05. The fourth-order valence-corrected chi connectivity index (χ4v) is 2.33. The first-order valence-electron chi connectivity index (χ1n) is 4.67. The van der Waals surface area contributed by atoms with Crippen molar-refractivity contribution in [2.24, 2.45) is 0 Å². The van der Waals surface area contributed by atoms with Crippen LogP contribution in [0, 0.1) is 6.08 Å². The molecule has 2 aliphatic carbocycles. The summed E-state index contributed by atoms with van der Waals surface area (Å²) < 4.78 is 0. The van der Waals surface area contributed by atoms with Crippen LogP contribution in [-0.2, 0) is 19.3 Å². The summed E-state index contributed by atoms with van der Waals surface area (Å²) in [4.78, 5) is 0. The van der Waals surface area contributed by atoms with E-state index in [1.807, 2.05) is 0 Å². The maximum atomic E-state index is 3.38. The van der Waals surface area contributed by atoms with Crippen molar-refractivity contribution in [3.05, 3.63) is 46.5 Å². The molecule has 0 bridgehead atoms. The Morgan fingerprint density at radius 3 is 3.00 bits per heavy atom. The van der Waals surface area contributed by atoms with Crippen molar-refractivity contribution in [2.75, 3.05) is 0 Å². The van der Waals surface area contributed by atoms with Gasteiger partial charge in [0.15, 0.2) is 0 Å². The number of rotatable bonds is 0. The molecule has 3 rings (SSSR count).